The van der Waals surface area contributed by atoms with Gasteiger partial charge in [0.05, 0.1) is 0 Å². The van der Waals surface area contributed by atoms with Crippen LogP contribution >= 0.6 is 0 Å². The number of nitrogens with zero attached hydrogens (tertiary/aromatic N) is 2. The first-order valence-electron chi connectivity index (χ1n) is 8.96. The van der Waals surface area contributed by atoms with Crippen molar-refractivity contribution < 1.29 is 4.42 Å². The summed E-state index contributed by atoms with van der Waals surface area (Å²) in [5, 5.41) is 1.26. The van der Waals surface area contributed by atoms with Gasteiger partial charge in [0, 0.05) is 29.7 Å². The van der Waals surface area contributed by atoms with Crippen LogP contribution in [-0.2, 0) is 7.05 Å². The van der Waals surface area contributed by atoms with Gasteiger partial charge in [-0.25, -0.2) is 4.98 Å². The standard InChI is InChI=1S/C24H18N2O/c1-26-21-8-4-2-6-19(21)16-22(26)18-13-10-17(11-14-18)12-15-24-25-20-7-3-5-9-23(20)27-24/h2-16H,1H3/b15-12+. The summed E-state index contributed by atoms with van der Waals surface area (Å²) in [7, 11) is 2.11. The Morgan fingerprint density at radius 3 is 2.44 bits per heavy atom. The van der Waals surface area contributed by atoms with Crippen molar-refractivity contribution in [2.24, 2.45) is 7.05 Å². The van der Waals surface area contributed by atoms with Gasteiger partial charge in [-0.2, -0.15) is 0 Å². The van der Waals surface area contributed by atoms with Gasteiger partial charge in [-0.15, -0.1) is 0 Å². The number of fused-ring (bicyclic) bond motifs is 2. The van der Waals surface area contributed by atoms with E-state index in [4.69, 9.17) is 4.42 Å². The van der Waals surface area contributed by atoms with E-state index in [1.54, 1.807) is 0 Å². The van der Waals surface area contributed by atoms with Crippen LogP contribution in [0.25, 0.3) is 45.4 Å². The van der Waals surface area contributed by atoms with E-state index in [0.29, 0.717) is 5.89 Å². The molecule has 2 heterocycles. The average molecular weight is 350 g/mol. The maximum absolute atomic E-state index is 5.73. The highest BCUT2D eigenvalue weighted by atomic mass is 16.3. The van der Waals surface area contributed by atoms with Gasteiger partial charge in [0.2, 0.25) is 5.89 Å². The quantitative estimate of drug-likeness (QED) is 0.390. The lowest BCUT2D eigenvalue weighted by atomic mass is 10.1. The van der Waals surface area contributed by atoms with Crippen molar-refractivity contribution in [2.45, 2.75) is 0 Å². The minimum absolute atomic E-state index is 0.619. The lowest BCUT2D eigenvalue weighted by Gasteiger charge is -2.05. The predicted molar refractivity (Wildman–Crippen MR) is 111 cm³/mol. The molecule has 5 rings (SSSR count). The summed E-state index contributed by atoms with van der Waals surface area (Å²) in [6.45, 7) is 0. The number of aromatic nitrogens is 2. The Bertz CT molecular complexity index is 1240. The molecule has 0 amide bonds. The molecule has 0 radical (unpaired) electrons. The third kappa shape index (κ3) is 2.83. The molecule has 0 fully saturated rings. The lowest BCUT2D eigenvalue weighted by Crippen LogP contribution is -1.90. The Hall–Kier alpha value is -3.59. The summed E-state index contributed by atoms with van der Waals surface area (Å²) in [6.07, 6.45) is 3.93. The van der Waals surface area contributed by atoms with Gasteiger partial charge in [0.15, 0.2) is 5.58 Å². The molecule has 0 aliphatic rings. The van der Waals surface area contributed by atoms with Crippen LogP contribution in [-0.4, -0.2) is 9.55 Å². The van der Waals surface area contributed by atoms with E-state index in [2.05, 4.69) is 71.2 Å². The van der Waals surface area contributed by atoms with Crippen molar-refractivity contribution in [3.63, 3.8) is 0 Å². The fourth-order valence-electron chi connectivity index (χ4n) is 3.46. The Kier molecular flexibility index (Phi) is 3.65. The second-order valence-corrected chi connectivity index (χ2v) is 6.62. The average Bonchev–Trinajstić information content (AvgIpc) is 3.28. The van der Waals surface area contributed by atoms with E-state index in [1.165, 1.54) is 22.2 Å². The largest absolute Gasteiger partial charge is 0.437 e. The number of hydrogen-bond donors (Lipinski definition) is 0. The molecule has 0 aliphatic carbocycles. The molecule has 0 bridgehead atoms. The van der Waals surface area contributed by atoms with E-state index in [1.807, 2.05) is 36.4 Å². The molecule has 2 aromatic heterocycles. The normalized spacial score (nSPS) is 11.7. The third-order valence-electron chi connectivity index (χ3n) is 4.89. The Labute approximate surface area is 157 Å². The third-order valence-corrected chi connectivity index (χ3v) is 4.89. The number of aryl methyl sites for hydroxylation is 1. The van der Waals surface area contributed by atoms with Crippen molar-refractivity contribution in [3.05, 3.63) is 90.3 Å². The van der Waals surface area contributed by atoms with Gasteiger partial charge in [-0.3, -0.25) is 0 Å². The molecule has 130 valence electrons. The van der Waals surface area contributed by atoms with Crippen LogP contribution in [0.4, 0.5) is 0 Å². The van der Waals surface area contributed by atoms with E-state index in [-0.39, 0.29) is 0 Å². The summed E-state index contributed by atoms with van der Waals surface area (Å²) in [5.41, 5.74) is 6.46. The molecule has 0 spiro atoms. The Morgan fingerprint density at radius 2 is 1.63 bits per heavy atom. The van der Waals surface area contributed by atoms with Gasteiger partial charge in [-0.05, 0) is 41.5 Å². The monoisotopic (exact) mass is 350 g/mol. The highest BCUT2D eigenvalue weighted by molar-refractivity contribution is 5.87. The number of rotatable bonds is 3. The second-order valence-electron chi connectivity index (χ2n) is 6.62. The van der Waals surface area contributed by atoms with Crippen LogP contribution in [0.15, 0.2) is 83.3 Å². The fraction of sp³-hybridized carbons (Fsp3) is 0.0417. The molecular weight excluding hydrogens is 332 g/mol. The Morgan fingerprint density at radius 1 is 0.852 bits per heavy atom. The summed E-state index contributed by atoms with van der Waals surface area (Å²) in [4.78, 5) is 4.47. The van der Waals surface area contributed by atoms with Crippen LogP contribution in [0, 0.1) is 0 Å². The molecule has 3 heteroatoms. The zero-order chi connectivity index (χ0) is 18.2. The maximum Gasteiger partial charge on any atom is 0.220 e. The Balaban J connectivity index is 1.43. The first-order valence-corrected chi connectivity index (χ1v) is 8.96. The van der Waals surface area contributed by atoms with E-state index in [0.717, 1.165) is 16.7 Å². The van der Waals surface area contributed by atoms with Gasteiger partial charge < -0.3 is 8.98 Å². The molecule has 0 aliphatic heterocycles. The molecule has 0 unspecified atom stereocenters. The number of para-hydroxylation sites is 3. The molecule has 27 heavy (non-hydrogen) atoms. The van der Waals surface area contributed by atoms with Crippen LogP contribution in [0.1, 0.15) is 11.5 Å². The highest BCUT2D eigenvalue weighted by Crippen LogP contribution is 2.27. The molecule has 3 nitrogen and oxygen atoms in total. The topological polar surface area (TPSA) is 31.0 Å². The number of oxazole rings is 1. The van der Waals surface area contributed by atoms with Crippen molar-refractivity contribution in [1.82, 2.24) is 9.55 Å². The molecule has 0 atom stereocenters. The van der Waals surface area contributed by atoms with Crippen molar-refractivity contribution in [1.29, 1.82) is 0 Å². The molecule has 0 saturated carbocycles. The van der Waals surface area contributed by atoms with Gasteiger partial charge in [0.1, 0.15) is 5.52 Å². The summed E-state index contributed by atoms with van der Waals surface area (Å²) < 4.78 is 7.97. The summed E-state index contributed by atoms with van der Waals surface area (Å²) in [6, 6.07) is 27.0. The lowest BCUT2D eigenvalue weighted by molar-refractivity contribution is 0.590. The van der Waals surface area contributed by atoms with Gasteiger partial charge in [0.25, 0.3) is 0 Å². The molecular formula is C24H18N2O. The number of hydrogen-bond acceptors (Lipinski definition) is 2. The van der Waals surface area contributed by atoms with E-state index in [9.17, 15) is 0 Å². The van der Waals surface area contributed by atoms with Crippen LogP contribution in [0.3, 0.4) is 0 Å². The zero-order valence-electron chi connectivity index (χ0n) is 15.0. The summed E-state index contributed by atoms with van der Waals surface area (Å²) in [5.74, 6) is 0.619. The molecule has 3 aromatic carbocycles. The minimum Gasteiger partial charge on any atom is -0.437 e. The van der Waals surface area contributed by atoms with E-state index < -0.39 is 0 Å². The van der Waals surface area contributed by atoms with Crippen LogP contribution in [0.2, 0.25) is 0 Å². The molecule has 5 aromatic rings. The maximum atomic E-state index is 5.73. The summed E-state index contributed by atoms with van der Waals surface area (Å²) >= 11 is 0. The number of benzene rings is 3. The van der Waals surface area contributed by atoms with Gasteiger partial charge >= 0.3 is 0 Å². The molecule has 0 N–H and O–H groups in total. The second kappa shape index (κ2) is 6.29. The first kappa shape index (κ1) is 15.6. The highest BCUT2D eigenvalue weighted by Gasteiger charge is 2.07. The SMILES string of the molecule is Cn1c(-c2ccc(/C=C/c3nc4ccccc4o3)cc2)cc2ccccc21. The van der Waals surface area contributed by atoms with Gasteiger partial charge in [-0.1, -0.05) is 54.6 Å². The zero-order valence-corrected chi connectivity index (χ0v) is 15.0. The van der Waals surface area contributed by atoms with Crippen molar-refractivity contribution in [3.8, 4) is 11.3 Å². The predicted octanol–water partition coefficient (Wildman–Crippen LogP) is 6.16. The van der Waals surface area contributed by atoms with Crippen molar-refractivity contribution >= 4 is 34.2 Å². The van der Waals surface area contributed by atoms with Crippen molar-refractivity contribution in [2.75, 3.05) is 0 Å². The fourth-order valence-corrected chi connectivity index (χ4v) is 3.46. The van der Waals surface area contributed by atoms with Crippen LogP contribution in [0.5, 0.6) is 0 Å². The smallest absolute Gasteiger partial charge is 0.220 e. The molecule has 0 saturated heterocycles. The minimum atomic E-state index is 0.619. The first-order chi connectivity index (χ1) is 13.3. The van der Waals surface area contributed by atoms with E-state index >= 15 is 0 Å². The van der Waals surface area contributed by atoms with Crippen LogP contribution < -0.4 is 0 Å².